The number of H-pyrrole nitrogens is 2. The summed E-state index contributed by atoms with van der Waals surface area (Å²) in [4.78, 5) is 25.6. The van der Waals surface area contributed by atoms with Crippen molar-refractivity contribution in [3.63, 3.8) is 0 Å². The van der Waals surface area contributed by atoms with E-state index in [1.165, 1.54) is 0 Å². The Morgan fingerprint density at radius 3 is 2.83 bits per heavy atom. The normalized spacial score (nSPS) is 24.5. The maximum absolute atomic E-state index is 11.7. The lowest BCUT2D eigenvalue weighted by Crippen LogP contribution is -2.27. The molecule has 2 unspecified atom stereocenters. The molecule has 1 aliphatic rings. The molecule has 2 aromatic heterocycles. The largest absolute Gasteiger partial charge is 0.369 e. The maximum atomic E-state index is 11.7. The zero-order valence-electron chi connectivity index (χ0n) is 9.94. The first-order chi connectivity index (χ1) is 8.63. The number of nitrogens with two attached hydrogens (primary N) is 2. The summed E-state index contributed by atoms with van der Waals surface area (Å²) in [5.41, 5.74) is 11.9. The van der Waals surface area contributed by atoms with Crippen LogP contribution in [0, 0.1) is 0 Å². The second kappa shape index (κ2) is 4.09. The molecule has 0 radical (unpaired) electrons. The standard InChI is InChI=1S/C11H16N6O/c12-6-3-1-2-5(4-6)8-14-7-9(15-8)16-11(13)17-10(7)18/h5-6H,1-4,12H2,(H4,13,14,15,16,17,18). The molecule has 0 spiro atoms. The van der Waals surface area contributed by atoms with Crippen LogP contribution in [0.25, 0.3) is 11.2 Å². The summed E-state index contributed by atoms with van der Waals surface area (Å²) in [6.07, 6.45) is 4.09. The number of imidazole rings is 1. The number of hydrogen-bond donors (Lipinski definition) is 4. The van der Waals surface area contributed by atoms with E-state index < -0.39 is 0 Å². The van der Waals surface area contributed by atoms with Crippen LogP contribution in [0.5, 0.6) is 0 Å². The van der Waals surface area contributed by atoms with Crippen molar-refractivity contribution in [1.82, 2.24) is 19.9 Å². The molecule has 7 heteroatoms. The van der Waals surface area contributed by atoms with Gasteiger partial charge in [-0.15, -0.1) is 0 Å². The minimum atomic E-state index is -0.281. The number of nitrogens with one attached hydrogen (secondary N) is 2. The van der Waals surface area contributed by atoms with Crippen LogP contribution in [-0.2, 0) is 0 Å². The topological polar surface area (TPSA) is 126 Å². The molecule has 0 aliphatic heterocycles. The second-order valence-corrected chi connectivity index (χ2v) is 4.90. The summed E-state index contributed by atoms with van der Waals surface area (Å²) in [5, 5.41) is 0. The summed E-state index contributed by atoms with van der Waals surface area (Å²) < 4.78 is 0. The van der Waals surface area contributed by atoms with Gasteiger partial charge in [-0.2, -0.15) is 4.98 Å². The van der Waals surface area contributed by atoms with Crippen molar-refractivity contribution in [2.75, 3.05) is 5.73 Å². The van der Waals surface area contributed by atoms with Crippen LogP contribution < -0.4 is 17.0 Å². The molecule has 0 bridgehead atoms. The van der Waals surface area contributed by atoms with E-state index in [-0.39, 0.29) is 23.5 Å². The van der Waals surface area contributed by atoms with Gasteiger partial charge in [-0.25, -0.2) is 4.98 Å². The summed E-state index contributed by atoms with van der Waals surface area (Å²) in [6.45, 7) is 0. The minimum Gasteiger partial charge on any atom is -0.369 e. The van der Waals surface area contributed by atoms with Crippen LogP contribution >= 0.6 is 0 Å². The third-order valence-electron chi connectivity index (χ3n) is 3.50. The van der Waals surface area contributed by atoms with E-state index in [1.54, 1.807) is 0 Å². The van der Waals surface area contributed by atoms with Gasteiger partial charge in [-0.05, 0) is 19.3 Å². The van der Waals surface area contributed by atoms with Crippen molar-refractivity contribution >= 4 is 17.1 Å². The number of aromatic amines is 2. The highest BCUT2D eigenvalue weighted by Crippen LogP contribution is 2.30. The number of anilines is 1. The fourth-order valence-corrected chi connectivity index (χ4v) is 2.61. The maximum Gasteiger partial charge on any atom is 0.278 e. The van der Waals surface area contributed by atoms with Crippen molar-refractivity contribution in [1.29, 1.82) is 0 Å². The Morgan fingerprint density at radius 1 is 1.22 bits per heavy atom. The zero-order valence-corrected chi connectivity index (χ0v) is 9.94. The van der Waals surface area contributed by atoms with Crippen LogP contribution in [0.1, 0.15) is 37.4 Å². The smallest absolute Gasteiger partial charge is 0.278 e. The van der Waals surface area contributed by atoms with E-state index >= 15 is 0 Å². The third kappa shape index (κ3) is 1.86. The molecule has 18 heavy (non-hydrogen) atoms. The van der Waals surface area contributed by atoms with E-state index in [0.717, 1.165) is 31.5 Å². The highest BCUT2D eigenvalue weighted by molar-refractivity contribution is 5.70. The highest BCUT2D eigenvalue weighted by Gasteiger charge is 2.24. The van der Waals surface area contributed by atoms with Gasteiger partial charge in [0.2, 0.25) is 5.95 Å². The van der Waals surface area contributed by atoms with Gasteiger partial charge >= 0.3 is 0 Å². The molecule has 7 nitrogen and oxygen atoms in total. The fraction of sp³-hybridized carbons (Fsp3) is 0.545. The van der Waals surface area contributed by atoms with Gasteiger partial charge < -0.3 is 16.5 Å². The molecule has 2 aromatic rings. The average Bonchev–Trinajstić information content (AvgIpc) is 2.73. The monoisotopic (exact) mass is 248 g/mol. The summed E-state index contributed by atoms with van der Waals surface area (Å²) in [5.74, 6) is 1.17. The van der Waals surface area contributed by atoms with E-state index in [0.29, 0.717) is 11.2 Å². The summed E-state index contributed by atoms with van der Waals surface area (Å²) >= 11 is 0. The van der Waals surface area contributed by atoms with Crippen molar-refractivity contribution in [2.24, 2.45) is 5.73 Å². The summed E-state index contributed by atoms with van der Waals surface area (Å²) in [6, 6.07) is 0.216. The second-order valence-electron chi connectivity index (χ2n) is 4.90. The number of nitrogen functional groups attached to an aromatic ring is 1. The van der Waals surface area contributed by atoms with Crippen LogP contribution in [0.2, 0.25) is 0 Å². The van der Waals surface area contributed by atoms with Gasteiger partial charge in [0.05, 0.1) is 0 Å². The number of aromatic nitrogens is 4. The lowest BCUT2D eigenvalue weighted by molar-refractivity contribution is 0.384. The predicted octanol–water partition coefficient (Wildman–Crippen LogP) is 0.213. The average molecular weight is 248 g/mol. The Labute approximate surface area is 103 Å². The molecule has 1 fully saturated rings. The van der Waals surface area contributed by atoms with E-state index in [2.05, 4.69) is 19.9 Å². The van der Waals surface area contributed by atoms with Crippen molar-refractivity contribution in [3.05, 3.63) is 16.2 Å². The van der Waals surface area contributed by atoms with Crippen LogP contribution in [0.4, 0.5) is 5.95 Å². The molecule has 1 aliphatic carbocycles. The molecular weight excluding hydrogens is 232 g/mol. The van der Waals surface area contributed by atoms with Crippen LogP contribution in [-0.4, -0.2) is 26.0 Å². The molecule has 0 saturated heterocycles. The molecule has 2 heterocycles. The van der Waals surface area contributed by atoms with Crippen molar-refractivity contribution < 1.29 is 0 Å². The number of nitrogens with zero attached hydrogens (tertiary/aromatic N) is 2. The summed E-state index contributed by atoms with van der Waals surface area (Å²) in [7, 11) is 0. The van der Waals surface area contributed by atoms with Gasteiger partial charge in [-0.3, -0.25) is 9.78 Å². The first-order valence-electron chi connectivity index (χ1n) is 6.14. The first-order valence-corrected chi connectivity index (χ1v) is 6.14. The lowest BCUT2D eigenvalue weighted by Gasteiger charge is -2.24. The number of hydrogen-bond acceptors (Lipinski definition) is 5. The Hall–Kier alpha value is -1.89. The Kier molecular flexibility index (Phi) is 2.55. The highest BCUT2D eigenvalue weighted by atomic mass is 16.1. The minimum absolute atomic E-state index is 0.0888. The molecule has 6 N–H and O–H groups in total. The van der Waals surface area contributed by atoms with Crippen molar-refractivity contribution in [2.45, 2.75) is 37.6 Å². The van der Waals surface area contributed by atoms with Gasteiger partial charge in [0.25, 0.3) is 5.56 Å². The van der Waals surface area contributed by atoms with Gasteiger partial charge in [0.1, 0.15) is 5.82 Å². The lowest BCUT2D eigenvalue weighted by atomic mass is 9.86. The van der Waals surface area contributed by atoms with Crippen molar-refractivity contribution in [3.8, 4) is 0 Å². The van der Waals surface area contributed by atoms with E-state index in [9.17, 15) is 4.79 Å². The Balaban J connectivity index is 2.03. The molecule has 2 atom stereocenters. The van der Waals surface area contributed by atoms with Gasteiger partial charge in [0.15, 0.2) is 11.2 Å². The molecule has 96 valence electrons. The number of fused-ring (bicyclic) bond motifs is 1. The third-order valence-corrected chi connectivity index (χ3v) is 3.50. The Bertz CT molecular complexity index is 630. The SMILES string of the molecule is Nc1nc2nc(C3CCCC(N)C3)[nH]c2c(=O)[nH]1. The number of rotatable bonds is 1. The van der Waals surface area contributed by atoms with E-state index in [1.807, 2.05) is 0 Å². The predicted molar refractivity (Wildman–Crippen MR) is 68.1 cm³/mol. The van der Waals surface area contributed by atoms with E-state index in [4.69, 9.17) is 11.5 Å². The Morgan fingerprint density at radius 2 is 2.06 bits per heavy atom. The molecule has 0 aromatic carbocycles. The first kappa shape index (κ1) is 11.2. The molecular formula is C11H16N6O. The van der Waals surface area contributed by atoms with Gasteiger partial charge in [-0.1, -0.05) is 6.42 Å². The fourth-order valence-electron chi connectivity index (χ4n) is 2.61. The van der Waals surface area contributed by atoms with Crippen LogP contribution in [0.3, 0.4) is 0 Å². The zero-order chi connectivity index (χ0) is 12.7. The quantitative estimate of drug-likeness (QED) is 0.574. The molecule has 3 rings (SSSR count). The molecule has 0 amide bonds. The van der Waals surface area contributed by atoms with Crippen LogP contribution in [0.15, 0.2) is 4.79 Å². The van der Waals surface area contributed by atoms with Gasteiger partial charge in [0, 0.05) is 12.0 Å². The molecule has 1 saturated carbocycles.